The van der Waals surface area contributed by atoms with Crippen molar-refractivity contribution in [3.05, 3.63) is 29.8 Å². The van der Waals surface area contributed by atoms with Crippen LogP contribution in [0.1, 0.15) is 29.6 Å². The maximum Gasteiger partial charge on any atom is 0.253 e. The first-order chi connectivity index (χ1) is 7.27. The fourth-order valence-electron chi connectivity index (χ4n) is 1.88. The maximum absolute atomic E-state index is 12.0. The molecule has 2 rings (SSSR count). The quantitative estimate of drug-likeness (QED) is 0.723. The van der Waals surface area contributed by atoms with Crippen LogP contribution in [0.3, 0.4) is 0 Å². The minimum atomic E-state index is 0.156. The SMILES string of the molecule is O=C(c1ccc(S)cc1)N1CCCCC1. The van der Waals surface area contributed by atoms with Gasteiger partial charge in [-0.3, -0.25) is 4.79 Å². The molecule has 0 radical (unpaired) electrons. The maximum atomic E-state index is 12.0. The third kappa shape index (κ3) is 2.53. The molecule has 80 valence electrons. The van der Waals surface area contributed by atoms with Crippen LogP contribution < -0.4 is 0 Å². The number of carbonyl (C=O) groups excluding carboxylic acids is 1. The first kappa shape index (κ1) is 10.6. The summed E-state index contributed by atoms with van der Waals surface area (Å²) in [7, 11) is 0. The third-order valence-corrected chi connectivity index (χ3v) is 3.06. The zero-order chi connectivity index (χ0) is 10.7. The fourth-order valence-corrected chi connectivity index (χ4v) is 2.03. The highest BCUT2D eigenvalue weighted by atomic mass is 32.1. The van der Waals surface area contributed by atoms with Crippen LogP contribution in [0.5, 0.6) is 0 Å². The van der Waals surface area contributed by atoms with Crippen LogP contribution in [-0.2, 0) is 0 Å². The number of carbonyl (C=O) groups is 1. The molecule has 1 aromatic rings. The Balaban J connectivity index is 2.09. The molecule has 0 atom stereocenters. The summed E-state index contributed by atoms with van der Waals surface area (Å²) in [5, 5.41) is 0. The molecule has 0 aromatic heterocycles. The van der Waals surface area contributed by atoms with Crippen LogP contribution in [0.4, 0.5) is 0 Å². The normalized spacial score (nSPS) is 16.5. The Labute approximate surface area is 95.7 Å². The lowest BCUT2D eigenvalue weighted by Gasteiger charge is -2.26. The van der Waals surface area contributed by atoms with Gasteiger partial charge in [-0.05, 0) is 43.5 Å². The first-order valence-electron chi connectivity index (χ1n) is 5.36. The van der Waals surface area contributed by atoms with E-state index in [1.807, 2.05) is 29.2 Å². The summed E-state index contributed by atoms with van der Waals surface area (Å²) in [6.07, 6.45) is 3.52. The predicted molar refractivity (Wildman–Crippen MR) is 63.4 cm³/mol. The molecule has 1 aliphatic heterocycles. The van der Waals surface area contributed by atoms with Crippen molar-refractivity contribution in [2.75, 3.05) is 13.1 Å². The smallest absolute Gasteiger partial charge is 0.253 e. The van der Waals surface area contributed by atoms with Gasteiger partial charge in [-0.25, -0.2) is 0 Å². The third-order valence-electron chi connectivity index (χ3n) is 2.76. The van der Waals surface area contributed by atoms with Gasteiger partial charge >= 0.3 is 0 Å². The van der Waals surface area contributed by atoms with E-state index in [9.17, 15) is 4.79 Å². The van der Waals surface area contributed by atoms with Crippen molar-refractivity contribution < 1.29 is 4.79 Å². The van der Waals surface area contributed by atoms with Crippen LogP contribution in [0, 0.1) is 0 Å². The van der Waals surface area contributed by atoms with Crippen molar-refractivity contribution in [2.45, 2.75) is 24.2 Å². The molecule has 15 heavy (non-hydrogen) atoms. The second-order valence-corrected chi connectivity index (χ2v) is 4.42. The van der Waals surface area contributed by atoms with E-state index in [1.165, 1.54) is 6.42 Å². The van der Waals surface area contributed by atoms with E-state index in [1.54, 1.807) is 0 Å². The minimum absolute atomic E-state index is 0.156. The summed E-state index contributed by atoms with van der Waals surface area (Å²) in [6, 6.07) is 7.42. The molecule has 1 aliphatic rings. The van der Waals surface area contributed by atoms with Crippen molar-refractivity contribution in [1.29, 1.82) is 0 Å². The molecule has 3 heteroatoms. The monoisotopic (exact) mass is 221 g/mol. The molecule has 1 amide bonds. The molecule has 0 saturated carbocycles. The Kier molecular flexibility index (Phi) is 3.31. The van der Waals surface area contributed by atoms with Crippen LogP contribution in [-0.4, -0.2) is 23.9 Å². The van der Waals surface area contributed by atoms with Gasteiger partial charge in [0.2, 0.25) is 0 Å². The van der Waals surface area contributed by atoms with Gasteiger partial charge in [0.25, 0.3) is 5.91 Å². The molecule has 1 fully saturated rings. The van der Waals surface area contributed by atoms with E-state index in [4.69, 9.17) is 0 Å². The number of nitrogens with zero attached hydrogens (tertiary/aromatic N) is 1. The van der Waals surface area contributed by atoms with E-state index in [2.05, 4.69) is 12.6 Å². The van der Waals surface area contributed by atoms with Crippen LogP contribution in [0.15, 0.2) is 29.2 Å². The number of hydrogen-bond acceptors (Lipinski definition) is 2. The van der Waals surface area contributed by atoms with E-state index in [0.29, 0.717) is 0 Å². The van der Waals surface area contributed by atoms with Gasteiger partial charge in [0, 0.05) is 23.5 Å². The van der Waals surface area contributed by atoms with E-state index in [0.717, 1.165) is 36.4 Å². The van der Waals surface area contributed by atoms with Gasteiger partial charge in [0.05, 0.1) is 0 Å². The number of likely N-dealkylation sites (tertiary alicyclic amines) is 1. The number of piperidine rings is 1. The van der Waals surface area contributed by atoms with Crippen molar-refractivity contribution >= 4 is 18.5 Å². The molecule has 2 nitrogen and oxygen atoms in total. The van der Waals surface area contributed by atoms with E-state index in [-0.39, 0.29) is 5.91 Å². The Hall–Kier alpha value is -0.960. The summed E-state index contributed by atoms with van der Waals surface area (Å²) in [5.74, 6) is 0.156. The fraction of sp³-hybridized carbons (Fsp3) is 0.417. The Morgan fingerprint density at radius 2 is 1.67 bits per heavy atom. The molecule has 0 bridgehead atoms. The summed E-state index contributed by atoms with van der Waals surface area (Å²) in [5.41, 5.74) is 0.773. The van der Waals surface area contributed by atoms with Crippen LogP contribution in [0.2, 0.25) is 0 Å². The van der Waals surface area contributed by atoms with Crippen molar-refractivity contribution in [3.8, 4) is 0 Å². The zero-order valence-electron chi connectivity index (χ0n) is 8.65. The lowest BCUT2D eigenvalue weighted by atomic mass is 10.1. The highest BCUT2D eigenvalue weighted by molar-refractivity contribution is 7.80. The van der Waals surface area contributed by atoms with Crippen molar-refractivity contribution in [2.24, 2.45) is 0 Å². The van der Waals surface area contributed by atoms with Gasteiger partial charge in [0.1, 0.15) is 0 Å². The number of benzene rings is 1. The average molecular weight is 221 g/mol. The zero-order valence-corrected chi connectivity index (χ0v) is 9.54. The molecular weight excluding hydrogens is 206 g/mol. The van der Waals surface area contributed by atoms with Gasteiger partial charge < -0.3 is 4.90 Å². The number of rotatable bonds is 1. The molecule has 1 aromatic carbocycles. The highest BCUT2D eigenvalue weighted by Crippen LogP contribution is 2.14. The molecule has 0 unspecified atom stereocenters. The highest BCUT2D eigenvalue weighted by Gasteiger charge is 2.17. The largest absolute Gasteiger partial charge is 0.339 e. The number of hydrogen-bond donors (Lipinski definition) is 1. The molecule has 0 spiro atoms. The molecule has 1 saturated heterocycles. The van der Waals surface area contributed by atoms with Gasteiger partial charge in [0.15, 0.2) is 0 Å². The molecule has 1 heterocycles. The summed E-state index contributed by atoms with van der Waals surface area (Å²) >= 11 is 4.20. The van der Waals surface area contributed by atoms with Crippen LogP contribution >= 0.6 is 12.6 Å². The Morgan fingerprint density at radius 1 is 1.07 bits per heavy atom. The average Bonchev–Trinajstić information content (AvgIpc) is 2.30. The minimum Gasteiger partial charge on any atom is -0.339 e. The summed E-state index contributed by atoms with van der Waals surface area (Å²) < 4.78 is 0. The Morgan fingerprint density at radius 3 is 2.27 bits per heavy atom. The lowest BCUT2D eigenvalue weighted by Crippen LogP contribution is -2.35. The number of amides is 1. The second-order valence-electron chi connectivity index (χ2n) is 3.90. The molecular formula is C12H15NOS. The van der Waals surface area contributed by atoms with Gasteiger partial charge in [-0.2, -0.15) is 0 Å². The van der Waals surface area contributed by atoms with E-state index >= 15 is 0 Å². The molecule has 0 N–H and O–H groups in total. The predicted octanol–water partition coefficient (Wildman–Crippen LogP) is 2.60. The lowest BCUT2D eigenvalue weighted by molar-refractivity contribution is 0.0724. The first-order valence-corrected chi connectivity index (χ1v) is 5.80. The van der Waals surface area contributed by atoms with Gasteiger partial charge in [-0.1, -0.05) is 0 Å². The van der Waals surface area contributed by atoms with Crippen molar-refractivity contribution in [1.82, 2.24) is 4.90 Å². The summed E-state index contributed by atoms with van der Waals surface area (Å²) in [6.45, 7) is 1.81. The van der Waals surface area contributed by atoms with Crippen molar-refractivity contribution in [3.63, 3.8) is 0 Å². The summed E-state index contributed by atoms with van der Waals surface area (Å²) in [4.78, 5) is 14.8. The topological polar surface area (TPSA) is 20.3 Å². The second kappa shape index (κ2) is 4.71. The molecule has 0 aliphatic carbocycles. The Bertz CT molecular complexity index is 341. The van der Waals surface area contributed by atoms with Crippen LogP contribution in [0.25, 0.3) is 0 Å². The number of thiol groups is 1. The van der Waals surface area contributed by atoms with Gasteiger partial charge in [-0.15, -0.1) is 12.6 Å². The van der Waals surface area contributed by atoms with E-state index < -0.39 is 0 Å². The standard InChI is InChI=1S/C12H15NOS/c14-12(13-8-2-1-3-9-13)10-4-6-11(15)7-5-10/h4-7,15H,1-3,8-9H2.